The van der Waals surface area contributed by atoms with Crippen molar-refractivity contribution in [3.05, 3.63) is 22.7 Å². The van der Waals surface area contributed by atoms with Gasteiger partial charge < -0.3 is 0 Å². The highest BCUT2D eigenvalue weighted by Crippen LogP contribution is 2.15. The maximum atomic E-state index is 5.99. The van der Waals surface area contributed by atoms with Crippen LogP contribution in [0.3, 0.4) is 0 Å². The highest BCUT2D eigenvalue weighted by atomic mass is 35.5. The first-order valence-corrected chi connectivity index (χ1v) is 7.25. The van der Waals surface area contributed by atoms with Gasteiger partial charge in [-0.15, -0.1) is 0 Å². The highest BCUT2D eigenvalue weighted by molar-refractivity contribution is 7.98. The molecule has 0 unspecified atom stereocenters. The van der Waals surface area contributed by atoms with Crippen LogP contribution in [-0.4, -0.2) is 15.7 Å². The number of hydrogen-bond acceptors (Lipinski definition) is 3. The summed E-state index contributed by atoms with van der Waals surface area (Å²) in [6, 6.07) is 1.87. The third-order valence-corrected chi connectivity index (χ3v) is 3.34. The van der Waals surface area contributed by atoms with Gasteiger partial charge in [-0.1, -0.05) is 32.4 Å². The highest BCUT2D eigenvalue weighted by Gasteiger charge is 2.05. The molecule has 0 saturated heterocycles. The van der Waals surface area contributed by atoms with Crippen LogP contribution < -0.4 is 0 Å². The van der Waals surface area contributed by atoms with E-state index in [1.54, 1.807) is 0 Å². The summed E-state index contributed by atoms with van der Waals surface area (Å²) in [4.78, 5) is 8.78. The minimum absolute atomic E-state index is 0.567. The molecule has 0 aromatic carbocycles. The summed E-state index contributed by atoms with van der Waals surface area (Å²) in [6.45, 7) is 6.54. The lowest BCUT2D eigenvalue weighted by Gasteiger charge is -2.06. The van der Waals surface area contributed by atoms with Crippen LogP contribution in [0.2, 0.25) is 5.15 Å². The molecule has 16 heavy (non-hydrogen) atoms. The van der Waals surface area contributed by atoms with Gasteiger partial charge >= 0.3 is 0 Å². The second-order valence-electron chi connectivity index (χ2n) is 4.25. The molecule has 1 heterocycles. The predicted octanol–water partition coefficient (Wildman–Crippen LogP) is 3.97. The molecule has 2 nitrogen and oxygen atoms in total. The number of rotatable bonds is 6. The Balaban J connectivity index is 2.65. The van der Waals surface area contributed by atoms with Crippen molar-refractivity contribution < 1.29 is 0 Å². The molecule has 0 atom stereocenters. The molecule has 0 aliphatic heterocycles. The maximum Gasteiger partial charge on any atom is 0.140 e. The van der Waals surface area contributed by atoms with Crippen molar-refractivity contribution in [2.75, 3.05) is 5.75 Å². The molecule has 0 bridgehead atoms. The minimum Gasteiger partial charge on any atom is -0.237 e. The summed E-state index contributed by atoms with van der Waals surface area (Å²) < 4.78 is 0. The Kier molecular flexibility index (Phi) is 6.14. The average Bonchev–Trinajstić information content (AvgIpc) is 2.16. The maximum absolute atomic E-state index is 5.99. The van der Waals surface area contributed by atoms with E-state index < -0.39 is 0 Å². The first-order chi connectivity index (χ1) is 7.61. The number of thioether (sulfide) groups is 1. The number of aromatic nitrogens is 2. The van der Waals surface area contributed by atoms with Crippen LogP contribution in [0, 0.1) is 5.92 Å². The molecule has 0 saturated carbocycles. The zero-order chi connectivity index (χ0) is 12.0. The Labute approximate surface area is 107 Å². The molecular weight excluding hydrogens is 240 g/mol. The van der Waals surface area contributed by atoms with Gasteiger partial charge in [-0.05, 0) is 30.6 Å². The zero-order valence-corrected chi connectivity index (χ0v) is 11.7. The molecule has 0 amide bonds. The van der Waals surface area contributed by atoms with Crippen LogP contribution in [0.15, 0.2) is 6.07 Å². The largest absolute Gasteiger partial charge is 0.237 e. The molecule has 1 aromatic rings. The third kappa shape index (κ3) is 5.17. The van der Waals surface area contributed by atoms with Crippen LogP contribution in [0.5, 0.6) is 0 Å². The van der Waals surface area contributed by atoms with Crippen molar-refractivity contribution in [1.82, 2.24) is 9.97 Å². The molecule has 0 aliphatic rings. The van der Waals surface area contributed by atoms with E-state index in [0.717, 1.165) is 29.4 Å². The fourth-order valence-electron chi connectivity index (χ4n) is 1.41. The van der Waals surface area contributed by atoms with Crippen LogP contribution >= 0.6 is 23.4 Å². The van der Waals surface area contributed by atoms with Gasteiger partial charge in [0.1, 0.15) is 11.0 Å². The predicted molar refractivity (Wildman–Crippen MR) is 72.0 cm³/mol. The molecule has 0 spiro atoms. The van der Waals surface area contributed by atoms with Crippen LogP contribution in [0.25, 0.3) is 0 Å². The Hall–Kier alpha value is -0.280. The molecule has 0 N–H and O–H groups in total. The number of nitrogens with zero attached hydrogens (tertiary/aromatic N) is 2. The lowest BCUT2D eigenvalue weighted by molar-refractivity contribution is 0.632. The van der Waals surface area contributed by atoms with E-state index in [0.29, 0.717) is 11.1 Å². The molecule has 0 radical (unpaired) electrons. The van der Waals surface area contributed by atoms with Gasteiger partial charge in [0.25, 0.3) is 0 Å². The van der Waals surface area contributed by atoms with Crippen LogP contribution in [0.4, 0.5) is 0 Å². The zero-order valence-electron chi connectivity index (χ0n) is 10.2. The van der Waals surface area contributed by atoms with E-state index in [-0.39, 0.29) is 0 Å². The molecule has 90 valence electrons. The Bertz CT molecular complexity index is 329. The van der Waals surface area contributed by atoms with Crippen molar-refractivity contribution in [1.29, 1.82) is 0 Å². The lowest BCUT2D eigenvalue weighted by atomic mass is 10.1. The Morgan fingerprint density at radius 3 is 2.75 bits per heavy atom. The van der Waals surface area contributed by atoms with E-state index in [2.05, 4.69) is 30.7 Å². The normalized spacial score (nSPS) is 11.1. The van der Waals surface area contributed by atoms with E-state index >= 15 is 0 Å². The van der Waals surface area contributed by atoms with Gasteiger partial charge in [-0.25, -0.2) is 9.97 Å². The SMILES string of the molecule is CCCSCc1nc(Cl)cc(CC(C)C)n1. The fourth-order valence-corrected chi connectivity index (χ4v) is 2.38. The molecule has 0 aliphatic carbocycles. The first-order valence-electron chi connectivity index (χ1n) is 5.72. The van der Waals surface area contributed by atoms with E-state index in [1.807, 2.05) is 17.8 Å². The fraction of sp³-hybridized carbons (Fsp3) is 0.667. The van der Waals surface area contributed by atoms with Crippen molar-refractivity contribution in [2.24, 2.45) is 5.92 Å². The minimum atomic E-state index is 0.567. The van der Waals surface area contributed by atoms with Gasteiger partial charge in [0.15, 0.2) is 0 Å². The molecule has 1 rings (SSSR count). The van der Waals surface area contributed by atoms with Gasteiger partial charge in [0.2, 0.25) is 0 Å². The second-order valence-corrected chi connectivity index (χ2v) is 5.74. The van der Waals surface area contributed by atoms with Gasteiger partial charge in [0.05, 0.1) is 5.75 Å². The van der Waals surface area contributed by atoms with Gasteiger partial charge in [0, 0.05) is 5.69 Å². The summed E-state index contributed by atoms with van der Waals surface area (Å²) in [5.74, 6) is 3.47. The average molecular weight is 259 g/mol. The second kappa shape index (κ2) is 7.13. The van der Waals surface area contributed by atoms with Gasteiger partial charge in [-0.3, -0.25) is 0 Å². The Morgan fingerprint density at radius 2 is 2.12 bits per heavy atom. The summed E-state index contributed by atoms with van der Waals surface area (Å²) >= 11 is 7.84. The molecule has 0 fully saturated rings. The third-order valence-electron chi connectivity index (χ3n) is 1.99. The van der Waals surface area contributed by atoms with Crippen LogP contribution in [0.1, 0.15) is 38.7 Å². The van der Waals surface area contributed by atoms with Crippen molar-refractivity contribution in [3.8, 4) is 0 Å². The molecule has 4 heteroatoms. The monoisotopic (exact) mass is 258 g/mol. The van der Waals surface area contributed by atoms with E-state index in [9.17, 15) is 0 Å². The van der Waals surface area contributed by atoms with Crippen molar-refractivity contribution >= 4 is 23.4 Å². The first kappa shape index (κ1) is 13.8. The van der Waals surface area contributed by atoms with Gasteiger partial charge in [-0.2, -0.15) is 11.8 Å². The summed E-state index contributed by atoms with van der Waals surface area (Å²) in [6.07, 6.45) is 2.15. The van der Waals surface area contributed by atoms with Crippen molar-refractivity contribution in [2.45, 2.75) is 39.4 Å². The van der Waals surface area contributed by atoms with E-state index in [4.69, 9.17) is 11.6 Å². The summed E-state index contributed by atoms with van der Waals surface area (Å²) in [7, 11) is 0. The van der Waals surface area contributed by atoms with Crippen LogP contribution in [-0.2, 0) is 12.2 Å². The summed E-state index contributed by atoms with van der Waals surface area (Å²) in [5.41, 5.74) is 1.06. The smallest absolute Gasteiger partial charge is 0.140 e. The number of hydrogen-bond donors (Lipinski definition) is 0. The summed E-state index contributed by atoms with van der Waals surface area (Å²) in [5, 5.41) is 0.567. The van der Waals surface area contributed by atoms with Crippen molar-refractivity contribution in [3.63, 3.8) is 0 Å². The topological polar surface area (TPSA) is 25.8 Å². The molecule has 1 aromatic heterocycles. The lowest BCUT2D eigenvalue weighted by Crippen LogP contribution is -2.02. The number of halogens is 1. The van der Waals surface area contributed by atoms with E-state index in [1.165, 1.54) is 6.42 Å². The molecular formula is C12H19ClN2S. The quantitative estimate of drug-likeness (QED) is 0.570. The standard InChI is InChI=1S/C12H19ClN2S/c1-4-5-16-8-12-14-10(6-9(2)3)7-11(13)15-12/h7,9H,4-6,8H2,1-3H3. The Morgan fingerprint density at radius 1 is 1.38 bits per heavy atom.